The van der Waals surface area contributed by atoms with Crippen LogP contribution >= 0.6 is 0 Å². The van der Waals surface area contributed by atoms with Gasteiger partial charge in [-0.2, -0.15) is 0 Å². The maximum Gasteiger partial charge on any atom is 0.0974 e. The molecule has 2 aliphatic heterocycles. The largest absolute Gasteiger partial charge is 0.359 e. The van der Waals surface area contributed by atoms with Crippen molar-refractivity contribution in [2.75, 3.05) is 14.1 Å². The zero-order valence-corrected chi connectivity index (χ0v) is 20.3. The zero-order chi connectivity index (χ0) is 22.4. The summed E-state index contributed by atoms with van der Waals surface area (Å²) in [5.74, 6) is 1.20. The van der Waals surface area contributed by atoms with Gasteiger partial charge in [0.25, 0.3) is 0 Å². The third kappa shape index (κ3) is 2.67. The zero-order valence-electron chi connectivity index (χ0n) is 20.3. The van der Waals surface area contributed by atoms with E-state index in [1.807, 2.05) is 12.4 Å². The van der Waals surface area contributed by atoms with Crippen LogP contribution in [0.2, 0.25) is 0 Å². The minimum Gasteiger partial charge on any atom is -0.359 e. The lowest BCUT2D eigenvalue weighted by Gasteiger charge is -2.54. The smallest absolute Gasteiger partial charge is 0.0974 e. The Bertz CT molecular complexity index is 1200. The second kappa shape index (κ2) is 6.79. The van der Waals surface area contributed by atoms with Gasteiger partial charge in [0, 0.05) is 23.8 Å². The Balaban J connectivity index is 1.28. The molecule has 0 amide bonds. The Morgan fingerprint density at radius 2 is 1.97 bits per heavy atom. The molecule has 2 aromatic rings. The molecule has 3 heteroatoms. The first-order valence-electron chi connectivity index (χ1n) is 13.1. The Kier molecular flexibility index (Phi) is 4.20. The Labute approximate surface area is 197 Å². The van der Waals surface area contributed by atoms with E-state index in [0.717, 1.165) is 0 Å². The molecule has 3 fully saturated rings. The van der Waals surface area contributed by atoms with Gasteiger partial charge in [0.05, 0.1) is 11.2 Å². The number of hydrogen-bond donors (Lipinski definition) is 0. The normalized spacial score (nSPS) is 41.4. The lowest BCUT2D eigenvalue weighted by atomic mass is 9.58. The number of allylic oxidation sites excluding steroid dienone is 1. The van der Waals surface area contributed by atoms with Gasteiger partial charge in [0.1, 0.15) is 0 Å². The molecule has 1 saturated heterocycles. The molecule has 2 bridgehead atoms. The maximum atomic E-state index is 7.42. The van der Waals surface area contributed by atoms with E-state index in [1.54, 1.807) is 5.57 Å². The number of benzene rings is 1. The van der Waals surface area contributed by atoms with Gasteiger partial charge in [-0.3, -0.25) is 4.98 Å². The molecule has 1 unspecified atom stereocenters. The Morgan fingerprint density at radius 3 is 2.85 bits per heavy atom. The van der Waals surface area contributed by atoms with Crippen LogP contribution in [0.15, 0.2) is 60.0 Å². The molecule has 172 valence electrons. The van der Waals surface area contributed by atoms with Crippen LogP contribution in [-0.4, -0.2) is 41.2 Å². The van der Waals surface area contributed by atoms with Crippen molar-refractivity contribution in [3.05, 3.63) is 65.5 Å². The number of aromatic nitrogens is 1. The van der Waals surface area contributed by atoms with Crippen molar-refractivity contribution in [2.24, 2.45) is 11.3 Å². The van der Waals surface area contributed by atoms with E-state index in [0.29, 0.717) is 17.9 Å². The molecule has 0 N–H and O–H groups in total. The quantitative estimate of drug-likeness (QED) is 0.540. The van der Waals surface area contributed by atoms with Gasteiger partial charge in [-0.1, -0.05) is 31.2 Å². The van der Waals surface area contributed by atoms with Gasteiger partial charge >= 0.3 is 0 Å². The van der Waals surface area contributed by atoms with Gasteiger partial charge in [0.2, 0.25) is 0 Å². The molecule has 2 spiro atoms. The van der Waals surface area contributed by atoms with E-state index in [9.17, 15) is 0 Å². The van der Waals surface area contributed by atoms with Gasteiger partial charge in [-0.15, -0.1) is 0 Å². The molecular weight excluding hydrogens is 404 g/mol. The summed E-state index contributed by atoms with van der Waals surface area (Å²) in [6, 6.07) is 9.86. The highest BCUT2D eigenvalue weighted by Crippen LogP contribution is 2.69. The molecule has 1 aromatic carbocycles. The maximum absolute atomic E-state index is 7.42. The highest BCUT2D eigenvalue weighted by Gasteiger charge is 2.66. The monoisotopic (exact) mass is 440 g/mol. The van der Waals surface area contributed by atoms with Crippen LogP contribution < -0.4 is 0 Å². The molecule has 3 heterocycles. The summed E-state index contributed by atoms with van der Waals surface area (Å²) < 4.78 is 7.42. The van der Waals surface area contributed by atoms with Crippen LogP contribution in [0, 0.1) is 11.3 Å². The van der Waals surface area contributed by atoms with E-state index >= 15 is 0 Å². The lowest BCUT2D eigenvalue weighted by Crippen LogP contribution is -2.55. The molecule has 33 heavy (non-hydrogen) atoms. The van der Waals surface area contributed by atoms with E-state index in [4.69, 9.17) is 4.74 Å². The number of nitrogens with zero attached hydrogens (tertiary/aromatic N) is 2. The fourth-order valence-electron chi connectivity index (χ4n) is 8.69. The Morgan fingerprint density at radius 1 is 1.06 bits per heavy atom. The fourth-order valence-corrected chi connectivity index (χ4v) is 8.69. The summed E-state index contributed by atoms with van der Waals surface area (Å²) in [4.78, 5) is 6.81. The van der Waals surface area contributed by atoms with Crippen LogP contribution in [0.3, 0.4) is 0 Å². The average molecular weight is 441 g/mol. The summed E-state index contributed by atoms with van der Waals surface area (Å²) in [7, 11) is 4.49. The summed E-state index contributed by atoms with van der Waals surface area (Å²) in [6.07, 6.45) is 18.9. The summed E-state index contributed by atoms with van der Waals surface area (Å²) in [6.45, 7) is 2.57. The molecule has 5 aliphatic rings. The summed E-state index contributed by atoms with van der Waals surface area (Å²) in [5, 5.41) is 2.56. The van der Waals surface area contributed by atoms with E-state index in [2.05, 4.69) is 67.3 Å². The third-order valence-corrected chi connectivity index (χ3v) is 10.5. The van der Waals surface area contributed by atoms with Crippen LogP contribution in [-0.2, 0) is 4.74 Å². The predicted octanol–water partition coefficient (Wildman–Crippen LogP) is 6.41. The van der Waals surface area contributed by atoms with Crippen LogP contribution in [0.4, 0.5) is 0 Å². The van der Waals surface area contributed by atoms with Crippen molar-refractivity contribution < 1.29 is 4.74 Å². The van der Waals surface area contributed by atoms with Gasteiger partial charge < -0.3 is 9.64 Å². The predicted molar refractivity (Wildman–Crippen MR) is 133 cm³/mol. The molecule has 0 radical (unpaired) electrons. The van der Waals surface area contributed by atoms with Crippen molar-refractivity contribution in [1.29, 1.82) is 0 Å². The van der Waals surface area contributed by atoms with Crippen molar-refractivity contribution >= 4 is 10.8 Å². The molecule has 6 atom stereocenters. The minimum absolute atomic E-state index is 0.00448. The number of ether oxygens (including phenoxy) is 1. The second-order valence-electron chi connectivity index (χ2n) is 12.0. The summed E-state index contributed by atoms with van der Waals surface area (Å²) >= 11 is 0. The highest BCUT2D eigenvalue weighted by molar-refractivity contribution is 5.82. The van der Waals surface area contributed by atoms with Crippen LogP contribution in [0.1, 0.15) is 69.8 Å². The standard InChI is InChI=1S/C30H36N2O/c1-28-12-10-24-17-23-6-7-25(32(2)3)18-29(23)13-14-30(24,33-29)27(28)9-8-26(28)21-5-4-20-11-15-31-19-22(20)16-21/h4-5,10-11,15-17,19,25-27H,6-9,12-14,18H2,1-3H3/t25-,26-,27-,28-,29-,30?/m1/s1. The van der Waals surface area contributed by atoms with Crippen molar-refractivity contribution in [1.82, 2.24) is 9.88 Å². The van der Waals surface area contributed by atoms with Crippen molar-refractivity contribution in [2.45, 2.75) is 81.5 Å². The molecule has 2 saturated carbocycles. The lowest BCUT2D eigenvalue weighted by molar-refractivity contribution is -0.139. The van der Waals surface area contributed by atoms with Crippen LogP contribution in [0.5, 0.6) is 0 Å². The fraction of sp³-hybridized carbons (Fsp3) is 0.567. The first-order valence-corrected chi connectivity index (χ1v) is 13.1. The molecule has 1 aromatic heterocycles. The first kappa shape index (κ1) is 20.4. The van der Waals surface area contributed by atoms with E-state index in [-0.39, 0.29) is 16.6 Å². The van der Waals surface area contributed by atoms with Crippen LogP contribution in [0.25, 0.3) is 10.8 Å². The first-order chi connectivity index (χ1) is 15.9. The number of pyridine rings is 1. The van der Waals surface area contributed by atoms with Gasteiger partial charge in [-0.25, -0.2) is 0 Å². The minimum atomic E-state index is -0.0577. The average Bonchev–Trinajstić information content (AvgIpc) is 3.33. The highest BCUT2D eigenvalue weighted by atomic mass is 16.5. The number of fused-ring (bicyclic) bond motifs is 2. The van der Waals surface area contributed by atoms with E-state index in [1.165, 1.54) is 73.3 Å². The second-order valence-corrected chi connectivity index (χ2v) is 12.0. The molecular formula is C30H36N2O. The van der Waals surface area contributed by atoms with E-state index < -0.39 is 0 Å². The number of hydrogen-bond acceptors (Lipinski definition) is 3. The molecule has 3 aliphatic carbocycles. The SMILES string of the molecule is CN(C)[C@@H]1CCC2=CC3=CC[C@]4(C)[C@@H](c5ccc6ccncc6c5)CC[C@H]4C34CC[C@]2(C1)O4. The van der Waals surface area contributed by atoms with Gasteiger partial charge in [0.15, 0.2) is 0 Å². The Hall–Kier alpha value is -1.97. The molecule has 3 nitrogen and oxygen atoms in total. The molecule has 7 rings (SSSR count). The van der Waals surface area contributed by atoms with Crippen molar-refractivity contribution in [3.63, 3.8) is 0 Å². The van der Waals surface area contributed by atoms with Gasteiger partial charge in [-0.05, 0) is 117 Å². The topological polar surface area (TPSA) is 25.4 Å². The summed E-state index contributed by atoms with van der Waals surface area (Å²) in [5.41, 5.74) is 4.82. The third-order valence-electron chi connectivity index (χ3n) is 10.5. The van der Waals surface area contributed by atoms with Crippen molar-refractivity contribution in [3.8, 4) is 0 Å². The number of rotatable bonds is 2.